The minimum absolute atomic E-state index is 0.596. The van der Waals surface area contributed by atoms with E-state index in [1.54, 1.807) is 6.26 Å². The van der Waals surface area contributed by atoms with Gasteiger partial charge in [-0.2, -0.15) is 0 Å². The molecule has 27 heavy (non-hydrogen) atoms. The third-order valence-corrected chi connectivity index (χ3v) is 5.37. The molecular formula is C22H23N3OS. The van der Waals surface area contributed by atoms with Crippen LogP contribution >= 0.6 is 12.2 Å². The first-order valence-electron chi connectivity index (χ1n) is 9.18. The zero-order valence-electron chi connectivity index (χ0n) is 15.6. The van der Waals surface area contributed by atoms with Crippen LogP contribution in [0.3, 0.4) is 0 Å². The maximum Gasteiger partial charge on any atom is 0.169 e. The van der Waals surface area contributed by atoms with Crippen LogP contribution in [0.2, 0.25) is 0 Å². The van der Waals surface area contributed by atoms with Crippen molar-refractivity contribution in [2.24, 2.45) is 0 Å². The normalized spacial score (nSPS) is 11.2. The van der Waals surface area contributed by atoms with Crippen LogP contribution in [0.15, 0.2) is 65.3 Å². The van der Waals surface area contributed by atoms with Crippen molar-refractivity contribution < 1.29 is 4.42 Å². The molecule has 0 aliphatic heterocycles. The molecule has 0 saturated heterocycles. The van der Waals surface area contributed by atoms with Crippen LogP contribution in [0.5, 0.6) is 0 Å². The smallest absolute Gasteiger partial charge is 0.169 e. The predicted octanol–water partition coefficient (Wildman–Crippen LogP) is 4.91. The van der Waals surface area contributed by atoms with Gasteiger partial charge in [0.15, 0.2) is 5.11 Å². The van der Waals surface area contributed by atoms with Gasteiger partial charge in [-0.1, -0.05) is 24.3 Å². The lowest BCUT2D eigenvalue weighted by Crippen LogP contribution is -2.36. The average Bonchev–Trinajstić information content (AvgIpc) is 3.31. The van der Waals surface area contributed by atoms with Gasteiger partial charge in [-0.25, -0.2) is 0 Å². The summed E-state index contributed by atoms with van der Waals surface area (Å²) in [5, 5.41) is 6.56. The molecule has 0 saturated carbocycles. The molecule has 0 aliphatic carbocycles. The highest BCUT2D eigenvalue weighted by Gasteiger charge is 2.11. The van der Waals surface area contributed by atoms with Crippen LogP contribution in [-0.2, 0) is 19.6 Å². The Balaban J connectivity index is 1.55. The van der Waals surface area contributed by atoms with Crippen LogP contribution in [0, 0.1) is 0 Å². The Kier molecular flexibility index (Phi) is 4.86. The van der Waals surface area contributed by atoms with Crippen LogP contribution < -0.4 is 5.32 Å². The average molecular weight is 378 g/mol. The molecular weight excluding hydrogens is 354 g/mol. The molecule has 0 radical (unpaired) electrons. The molecule has 0 atom stereocenters. The number of hydrogen-bond donors (Lipinski definition) is 1. The van der Waals surface area contributed by atoms with E-state index < -0.39 is 0 Å². The SMILES string of the molecule is CCn1c2ccccc2c2cc(CN(C)C(=S)NCc3ccco3)ccc21. The number of nitrogens with one attached hydrogen (secondary N) is 1. The summed E-state index contributed by atoms with van der Waals surface area (Å²) in [6.07, 6.45) is 1.67. The molecule has 0 amide bonds. The third-order valence-electron chi connectivity index (χ3n) is 4.91. The fourth-order valence-electron chi connectivity index (χ4n) is 3.60. The molecule has 138 valence electrons. The number of fused-ring (bicyclic) bond motifs is 3. The zero-order chi connectivity index (χ0) is 18.8. The molecule has 0 bridgehead atoms. The van der Waals surface area contributed by atoms with Crippen LogP contribution in [0.1, 0.15) is 18.2 Å². The van der Waals surface area contributed by atoms with Crippen molar-refractivity contribution in [2.75, 3.05) is 7.05 Å². The Bertz CT molecular complexity index is 1080. The van der Waals surface area contributed by atoms with Gasteiger partial charge in [0.1, 0.15) is 5.76 Å². The van der Waals surface area contributed by atoms with Gasteiger partial charge < -0.3 is 19.2 Å². The van der Waals surface area contributed by atoms with Crippen molar-refractivity contribution in [3.63, 3.8) is 0 Å². The van der Waals surface area contributed by atoms with E-state index in [0.717, 1.165) is 18.8 Å². The van der Waals surface area contributed by atoms with Crippen LogP contribution in [-0.4, -0.2) is 21.6 Å². The summed E-state index contributed by atoms with van der Waals surface area (Å²) in [6, 6.07) is 19.1. The van der Waals surface area contributed by atoms with E-state index in [-0.39, 0.29) is 0 Å². The van der Waals surface area contributed by atoms with Gasteiger partial charge >= 0.3 is 0 Å². The first-order valence-corrected chi connectivity index (χ1v) is 9.59. The number of aromatic nitrogens is 1. The van der Waals surface area contributed by atoms with E-state index in [1.807, 2.05) is 19.2 Å². The molecule has 0 spiro atoms. The van der Waals surface area contributed by atoms with Crippen molar-refractivity contribution in [1.82, 2.24) is 14.8 Å². The Labute approximate surface area is 164 Å². The van der Waals surface area contributed by atoms with Gasteiger partial charge in [0, 0.05) is 41.9 Å². The van der Waals surface area contributed by atoms with Crippen LogP contribution in [0.25, 0.3) is 21.8 Å². The quantitative estimate of drug-likeness (QED) is 0.501. The summed E-state index contributed by atoms with van der Waals surface area (Å²) >= 11 is 5.51. The van der Waals surface area contributed by atoms with E-state index in [2.05, 4.69) is 64.2 Å². The summed E-state index contributed by atoms with van der Waals surface area (Å²) in [4.78, 5) is 2.05. The predicted molar refractivity (Wildman–Crippen MR) is 115 cm³/mol. The largest absolute Gasteiger partial charge is 0.467 e. The van der Waals surface area contributed by atoms with Crippen molar-refractivity contribution in [2.45, 2.75) is 26.6 Å². The lowest BCUT2D eigenvalue weighted by molar-refractivity contribution is 0.469. The summed E-state index contributed by atoms with van der Waals surface area (Å²) in [6.45, 7) is 4.51. The number of nitrogens with zero attached hydrogens (tertiary/aromatic N) is 2. The van der Waals surface area contributed by atoms with E-state index >= 15 is 0 Å². The van der Waals surface area contributed by atoms with Gasteiger partial charge in [-0.3, -0.25) is 0 Å². The summed E-state index contributed by atoms with van der Waals surface area (Å²) in [5.41, 5.74) is 3.81. The Morgan fingerprint density at radius 2 is 1.89 bits per heavy atom. The summed E-state index contributed by atoms with van der Waals surface area (Å²) < 4.78 is 7.71. The summed E-state index contributed by atoms with van der Waals surface area (Å²) in [5.74, 6) is 0.875. The van der Waals surface area contributed by atoms with Gasteiger partial charge in [-0.05, 0) is 55.0 Å². The molecule has 0 fully saturated rings. The second kappa shape index (κ2) is 7.45. The number of rotatable bonds is 5. The Morgan fingerprint density at radius 1 is 1.07 bits per heavy atom. The lowest BCUT2D eigenvalue weighted by Gasteiger charge is -2.21. The molecule has 4 nitrogen and oxygen atoms in total. The molecule has 1 N–H and O–H groups in total. The number of furan rings is 1. The maximum atomic E-state index is 5.51. The minimum Gasteiger partial charge on any atom is -0.467 e. The highest BCUT2D eigenvalue weighted by Crippen LogP contribution is 2.29. The van der Waals surface area contributed by atoms with Gasteiger partial charge in [0.05, 0.1) is 12.8 Å². The Morgan fingerprint density at radius 3 is 2.67 bits per heavy atom. The highest BCUT2D eigenvalue weighted by molar-refractivity contribution is 7.80. The molecule has 0 unspecified atom stereocenters. The Hall–Kier alpha value is -2.79. The van der Waals surface area contributed by atoms with E-state index in [4.69, 9.17) is 16.6 Å². The maximum absolute atomic E-state index is 5.51. The summed E-state index contributed by atoms with van der Waals surface area (Å²) in [7, 11) is 2.01. The van der Waals surface area contributed by atoms with Gasteiger partial charge in [0.2, 0.25) is 0 Å². The van der Waals surface area contributed by atoms with Crippen molar-refractivity contribution in [3.05, 3.63) is 72.2 Å². The number of hydrogen-bond acceptors (Lipinski definition) is 2. The standard InChI is InChI=1S/C22H23N3OS/c1-3-25-20-9-5-4-8-18(20)19-13-16(10-11-21(19)25)15-24(2)22(27)23-14-17-7-6-12-26-17/h4-13H,3,14-15H2,1-2H3,(H,23,27). The van der Waals surface area contributed by atoms with Crippen LogP contribution in [0.4, 0.5) is 0 Å². The molecule has 2 aromatic carbocycles. The number of para-hydroxylation sites is 1. The monoisotopic (exact) mass is 377 g/mol. The second-order valence-electron chi connectivity index (χ2n) is 6.71. The van der Waals surface area contributed by atoms with Gasteiger partial charge in [-0.15, -0.1) is 0 Å². The lowest BCUT2D eigenvalue weighted by atomic mass is 10.1. The molecule has 5 heteroatoms. The fourth-order valence-corrected chi connectivity index (χ4v) is 3.73. The number of benzene rings is 2. The first-order chi connectivity index (χ1) is 13.2. The molecule has 2 heterocycles. The van der Waals surface area contributed by atoms with Crippen molar-refractivity contribution in [3.8, 4) is 0 Å². The minimum atomic E-state index is 0.596. The second-order valence-corrected chi connectivity index (χ2v) is 7.09. The first kappa shape index (κ1) is 17.6. The topological polar surface area (TPSA) is 33.3 Å². The molecule has 4 rings (SSSR count). The number of aryl methyl sites for hydroxylation is 1. The molecule has 4 aromatic rings. The molecule has 2 aromatic heterocycles. The third kappa shape index (κ3) is 3.43. The van der Waals surface area contributed by atoms with Gasteiger partial charge in [0.25, 0.3) is 0 Å². The molecule has 0 aliphatic rings. The van der Waals surface area contributed by atoms with Crippen molar-refractivity contribution in [1.29, 1.82) is 0 Å². The zero-order valence-corrected chi connectivity index (χ0v) is 16.4. The number of thiocarbonyl (C=S) groups is 1. The van der Waals surface area contributed by atoms with E-state index in [0.29, 0.717) is 11.7 Å². The fraction of sp³-hybridized carbons (Fsp3) is 0.227. The highest BCUT2D eigenvalue weighted by atomic mass is 32.1. The van der Waals surface area contributed by atoms with E-state index in [9.17, 15) is 0 Å². The van der Waals surface area contributed by atoms with E-state index in [1.165, 1.54) is 27.4 Å². The van der Waals surface area contributed by atoms with Crippen molar-refractivity contribution >= 4 is 39.1 Å².